The summed E-state index contributed by atoms with van der Waals surface area (Å²) in [4.78, 5) is 24.0. The maximum atomic E-state index is 12.1. The Hall–Kier alpha value is -2.66. The Balaban J connectivity index is 1.77. The third-order valence-electron chi connectivity index (χ3n) is 3.85. The minimum absolute atomic E-state index is 0.138. The van der Waals surface area contributed by atoms with Crippen LogP contribution in [0, 0.1) is 0 Å². The number of quaternary nitrogens is 1. The lowest BCUT2D eigenvalue weighted by Crippen LogP contribution is -2.92. The Kier molecular flexibility index (Phi) is 6.51. The maximum Gasteiger partial charge on any atom is 0.321 e. The summed E-state index contributed by atoms with van der Waals surface area (Å²) in [5.41, 5.74) is 2.13. The molecule has 0 saturated heterocycles. The van der Waals surface area contributed by atoms with Gasteiger partial charge in [-0.15, -0.1) is 0 Å². The van der Waals surface area contributed by atoms with Gasteiger partial charge >= 0.3 is 6.03 Å². The van der Waals surface area contributed by atoms with Gasteiger partial charge in [0.05, 0.1) is 0 Å². The molecule has 5 nitrogen and oxygen atoms in total. The van der Waals surface area contributed by atoms with E-state index in [1.165, 1.54) is 0 Å². The Labute approximate surface area is 142 Å². The van der Waals surface area contributed by atoms with Gasteiger partial charge in [-0.2, -0.15) is 0 Å². The lowest BCUT2D eigenvalue weighted by Gasteiger charge is -2.16. The first kappa shape index (κ1) is 17.7. The van der Waals surface area contributed by atoms with Crippen LogP contribution in [-0.2, 0) is 11.3 Å². The van der Waals surface area contributed by atoms with Gasteiger partial charge in [-0.3, -0.25) is 10.1 Å². The van der Waals surface area contributed by atoms with Crippen LogP contribution in [0.4, 0.5) is 4.79 Å². The molecule has 3 amide bonds. The van der Waals surface area contributed by atoms with E-state index in [-0.39, 0.29) is 18.0 Å². The highest BCUT2D eigenvalue weighted by molar-refractivity contribution is 5.96. The smallest absolute Gasteiger partial charge is 0.321 e. The van der Waals surface area contributed by atoms with Gasteiger partial charge in [0.15, 0.2) is 6.04 Å². The van der Waals surface area contributed by atoms with E-state index in [9.17, 15) is 9.59 Å². The van der Waals surface area contributed by atoms with Crippen LogP contribution in [0.3, 0.4) is 0 Å². The number of nitrogens with two attached hydrogens (primary N) is 1. The molecular weight excluding hydrogens is 302 g/mol. The summed E-state index contributed by atoms with van der Waals surface area (Å²) in [6, 6.07) is 18.8. The summed E-state index contributed by atoms with van der Waals surface area (Å²) < 4.78 is 0. The molecule has 4 N–H and O–H groups in total. The zero-order valence-corrected chi connectivity index (χ0v) is 14.0. The Morgan fingerprint density at radius 2 is 1.54 bits per heavy atom. The molecule has 0 aliphatic carbocycles. The first-order chi connectivity index (χ1) is 11.6. The fraction of sp³-hybridized carbons (Fsp3) is 0.263. The number of carbonyl (C=O) groups is 2. The zero-order chi connectivity index (χ0) is 17.4. The van der Waals surface area contributed by atoms with Gasteiger partial charge in [0.25, 0.3) is 5.91 Å². The normalized spacial score (nSPS) is 12.9. The average molecular weight is 326 g/mol. The van der Waals surface area contributed by atoms with Crippen molar-refractivity contribution in [3.05, 3.63) is 71.8 Å². The summed E-state index contributed by atoms with van der Waals surface area (Å²) in [5, 5.41) is 7.01. The number of nitrogens with one attached hydrogen (secondary N) is 2. The third kappa shape index (κ3) is 5.52. The molecule has 0 radical (unpaired) electrons. The molecular formula is C19H24N3O2+. The Morgan fingerprint density at radius 3 is 2.17 bits per heavy atom. The standard InChI is InChI=1S/C19H23N3O2/c1-14(17-11-7-4-8-12-17)21-15(2)18(23)22-19(24)20-13-16-9-5-3-6-10-16/h3-12,14-15,21H,13H2,1-2H3,(H2,20,22,23,24)/p+1/t14-,15+/m1/s1. The van der Waals surface area contributed by atoms with E-state index in [1.807, 2.05) is 72.9 Å². The molecule has 2 atom stereocenters. The number of urea groups is 1. The quantitative estimate of drug-likeness (QED) is 0.756. The highest BCUT2D eigenvalue weighted by atomic mass is 16.2. The fourth-order valence-electron chi connectivity index (χ4n) is 2.44. The third-order valence-corrected chi connectivity index (χ3v) is 3.85. The minimum atomic E-state index is -0.475. The van der Waals surface area contributed by atoms with Crippen LogP contribution in [0.25, 0.3) is 0 Å². The Bertz CT molecular complexity index is 659. The number of rotatable bonds is 6. The largest absolute Gasteiger partial charge is 0.334 e. The second-order valence-corrected chi connectivity index (χ2v) is 5.84. The number of carbonyl (C=O) groups excluding carboxylic acids is 2. The number of amides is 3. The molecule has 0 bridgehead atoms. The van der Waals surface area contributed by atoms with Crippen LogP contribution < -0.4 is 16.0 Å². The molecule has 0 aliphatic heterocycles. The van der Waals surface area contributed by atoms with E-state index in [0.29, 0.717) is 6.54 Å². The van der Waals surface area contributed by atoms with Crippen LogP contribution >= 0.6 is 0 Å². The van der Waals surface area contributed by atoms with Crippen molar-refractivity contribution in [1.29, 1.82) is 0 Å². The van der Waals surface area contributed by atoms with Crippen LogP contribution in [-0.4, -0.2) is 18.0 Å². The lowest BCUT2D eigenvalue weighted by atomic mass is 10.1. The number of benzene rings is 2. The lowest BCUT2D eigenvalue weighted by molar-refractivity contribution is -0.710. The van der Waals surface area contributed by atoms with E-state index in [0.717, 1.165) is 11.1 Å². The van der Waals surface area contributed by atoms with Crippen molar-refractivity contribution in [3.8, 4) is 0 Å². The first-order valence-corrected chi connectivity index (χ1v) is 8.09. The van der Waals surface area contributed by atoms with E-state index < -0.39 is 6.03 Å². The van der Waals surface area contributed by atoms with Crippen molar-refractivity contribution in [2.45, 2.75) is 32.5 Å². The van der Waals surface area contributed by atoms with Crippen molar-refractivity contribution >= 4 is 11.9 Å². The molecule has 2 aromatic carbocycles. The van der Waals surface area contributed by atoms with Gasteiger partial charge in [-0.1, -0.05) is 60.7 Å². The van der Waals surface area contributed by atoms with E-state index in [2.05, 4.69) is 10.6 Å². The van der Waals surface area contributed by atoms with Gasteiger partial charge < -0.3 is 10.6 Å². The van der Waals surface area contributed by atoms with Gasteiger partial charge in [-0.05, 0) is 19.4 Å². The molecule has 0 spiro atoms. The van der Waals surface area contributed by atoms with E-state index in [4.69, 9.17) is 0 Å². The molecule has 0 saturated carbocycles. The maximum absolute atomic E-state index is 12.1. The molecule has 0 unspecified atom stereocenters. The molecule has 24 heavy (non-hydrogen) atoms. The summed E-state index contributed by atoms with van der Waals surface area (Å²) in [5.74, 6) is -0.302. The molecule has 126 valence electrons. The highest BCUT2D eigenvalue weighted by Crippen LogP contribution is 2.06. The van der Waals surface area contributed by atoms with Crippen molar-refractivity contribution in [1.82, 2.24) is 10.6 Å². The van der Waals surface area contributed by atoms with Crippen LogP contribution in [0.15, 0.2) is 60.7 Å². The Morgan fingerprint density at radius 1 is 0.958 bits per heavy atom. The van der Waals surface area contributed by atoms with Crippen LogP contribution in [0.1, 0.15) is 31.0 Å². The summed E-state index contributed by atoms with van der Waals surface area (Å²) >= 11 is 0. The number of imide groups is 1. The predicted molar refractivity (Wildman–Crippen MR) is 93.1 cm³/mol. The molecule has 2 aromatic rings. The van der Waals surface area contributed by atoms with Gasteiger partial charge in [-0.25, -0.2) is 4.79 Å². The van der Waals surface area contributed by atoms with Gasteiger partial charge in [0, 0.05) is 12.1 Å². The van der Waals surface area contributed by atoms with Crippen molar-refractivity contribution in [2.24, 2.45) is 0 Å². The summed E-state index contributed by atoms with van der Waals surface area (Å²) in [6.07, 6.45) is 0. The number of hydrogen-bond acceptors (Lipinski definition) is 2. The number of hydrogen-bond donors (Lipinski definition) is 3. The molecule has 0 fully saturated rings. The van der Waals surface area contributed by atoms with Crippen LogP contribution in [0.2, 0.25) is 0 Å². The van der Waals surface area contributed by atoms with E-state index >= 15 is 0 Å². The molecule has 5 heteroatoms. The molecule has 2 rings (SSSR count). The summed E-state index contributed by atoms with van der Waals surface area (Å²) in [7, 11) is 0. The highest BCUT2D eigenvalue weighted by Gasteiger charge is 2.21. The van der Waals surface area contributed by atoms with Gasteiger partial charge in [0.1, 0.15) is 6.04 Å². The zero-order valence-electron chi connectivity index (χ0n) is 14.0. The van der Waals surface area contributed by atoms with E-state index in [1.54, 1.807) is 6.92 Å². The van der Waals surface area contributed by atoms with Crippen molar-refractivity contribution in [2.75, 3.05) is 0 Å². The minimum Gasteiger partial charge on any atom is -0.334 e. The molecule has 0 aromatic heterocycles. The monoisotopic (exact) mass is 326 g/mol. The van der Waals surface area contributed by atoms with Gasteiger partial charge in [0.2, 0.25) is 0 Å². The topological polar surface area (TPSA) is 74.8 Å². The fourth-order valence-corrected chi connectivity index (χ4v) is 2.44. The summed E-state index contributed by atoms with van der Waals surface area (Å²) in [6.45, 7) is 4.21. The molecule has 0 heterocycles. The second-order valence-electron chi connectivity index (χ2n) is 5.84. The average Bonchev–Trinajstić information content (AvgIpc) is 2.61. The van der Waals surface area contributed by atoms with Crippen molar-refractivity contribution in [3.63, 3.8) is 0 Å². The first-order valence-electron chi connectivity index (χ1n) is 8.09. The predicted octanol–water partition coefficient (Wildman–Crippen LogP) is 1.73. The second kappa shape index (κ2) is 8.84. The SMILES string of the molecule is C[C@H]([NH2+][C@H](C)c1ccccc1)C(=O)NC(=O)NCc1ccccc1. The molecule has 0 aliphatic rings. The van der Waals surface area contributed by atoms with Crippen molar-refractivity contribution < 1.29 is 14.9 Å². The van der Waals surface area contributed by atoms with Crippen LogP contribution in [0.5, 0.6) is 0 Å².